The summed E-state index contributed by atoms with van der Waals surface area (Å²) in [5.41, 5.74) is 2.71. The molecular formula is C28H17Br2Cl2N3O2. The lowest BCUT2D eigenvalue weighted by molar-refractivity contribution is 0.302. The number of hydrogen-bond donors (Lipinski definition) is 0. The molecule has 0 aliphatic heterocycles. The highest BCUT2D eigenvalue weighted by molar-refractivity contribution is 9.11. The number of fused-ring (bicyclic) bond motifs is 1. The van der Waals surface area contributed by atoms with E-state index in [1.165, 1.54) is 4.68 Å². The molecule has 9 heteroatoms. The van der Waals surface area contributed by atoms with Crippen LogP contribution < -0.4 is 10.3 Å². The molecule has 0 atom stereocenters. The fraction of sp³-hybridized carbons (Fsp3) is 0.0357. The molecule has 184 valence electrons. The van der Waals surface area contributed by atoms with E-state index in [0.29, 0.717) is 41.5 Å². The zero-order valence-electron chi connectivity index (χ0n) is 19.0. The van der Waals surface area contributed by atoms with Gasteiger partial charge in [-0.1, -0.05) is 71.7 Å². The van der Waals surface area contributed by atoms with Crippen LogP contribution in [0.25, 0.3) is 22.3 Å². The van der Waals surface area contributed by atoms with Crippen molar-refractivity contribution in [2.24, 2.45) is 5.10 Å². The van der Waals surface area contributed by atoms with Crippen molar-refractivity contribution in [3.05, 3.63) is 125 Å². The lowest BCUT2D eigenvalue weighted by Gasteiger charge is -2.13. The standard InChI is InChI=1S/C28H17Br2Cl2N3O2/c29-22-12-17(13-23(30)26(22)37-16-19-10-11-20(31)14-24(19)32)15-33-35-27(18-6-2-1-3-7-18)34-25-9-5-4-8-21(25)28(35)36/h1-15H,16H2. The summed E-state index contributed by atoms with van der Waals surface area (Å²) in [7, 11) is 0. The first-order chi connectivity index (χ1) is 17.9. The normalized spacial score (nSPS) is 11.4. The van der Waals surface area contributed by atoms with E-state index in [2.05, 4.69) is 37.0 Å². The lowest BCUT2D eigenvalue weighted by Crippen LogP contribution is -2.20. The van der Waals surface area contributed by atoms with Crippen molar-refractivity contribution in [3.8, 4) is 17.1 Å². The summed E-state index contributed by atoms with van der Waals surface area (Å²) in [6.45, 7) is 0.263. The summed E-state index contributed by atoms with van der Waals surface area (Å²) in [6.07, 6.45) is 1.61. The molecule has 4 aromatic carbocycles. The Hall–Kier alpha value is -2.97. The molecule has 0 amide bonds. The van der Waals surface area contributed by atoms with Crippen LogP contribution in [0.15, 0.2) is 104 Å². The van der Waals surface area contributed by atoms with Gasteiger partial charge in [0.15, 0.2) is 5.82 Å². The van der Waals surface area contributed by atoms with Gasteiger partial charge in [-0.05, 0) is 73.8 Å². The Morgan fingerprint density at radius 2 is 1.62 bits per heavy atom. The second kappa shape index (κ2) is 11.2. The van der Waals surface area contributed by atoms with Crippen LogP contribution in [0.5, 0.6) is 5.75 Å². The largest absolute Gasteiger partial charge is 0.486 e. The molecule has 5 nitrogen and oxygen atoms in total. The molecule has 0 aliphatic carbocycles. The Morgan fingerprint density at radius 1 is 0.919 bits per heavy atom. The van der Waals surface area contributed by atoms with Gasteiger partial charge in [0.25, 0.3) is 5.56 Å². The van der Waals surface area contributed by atoms with Gasteiger partial charge in [-0.25, -0.2) is 4.98 Å². The molecule has 0 radical (unpaired) electrons. The summed E-state index contributed by atoms with van der Waals surface area (Å²) in [5.74, 6) is 1.07. The summed E-state index contributed by atoms with van der Waals surface area (Å²) >= 11 is 19.4. The van der Waals surface area contributed by atoms with Crippen LogP contribution in [0.4, 0.5) is 0 Å². The van der Waals surface area contributed by atoms with Gasteiger partial charge in [-0.3, -0.25) is 4.79 Å². The molecule has 0 bridgehead atoms. The first-order valence-electron chi connectivity index (χ1n) is 11.1. The van der Waals surface area contributed by atoms with E-state index >= 15 is 0 Å². The van der Waals surface area contributed by atoms with Gasteiger partial charge in [-0.15, -0.1) is 0 Å². The predicted molar refractivity (Wildman–Crippen MR) is 157 cm³/mol. The molecule has 5 aromatic rings. The molecular weight excluding hydrogens is 641 g/mol. The van der Waals surface area contributed by atoms with Crippen molar-refractivity contribution < 1.29 is 4.74 Å². The maximum Gasteiger partial charge on any atom is 0.282 e. The minimum absolute atomic E-state index is 0.251. The van der Waals surface area contributed by atoms with Crippen LogP contribution in [-0.4, -0.2) is 15.9 Å². The molecule has 0 aliphatic rings. The second-order valence-corrected chi connectivity index (χ2v) is 10.6. The fourth-order valence-electron chi connectivity index (χ4n) is 3.71. The number of para-hydroxylation sites is 1. The maximum atomic E-state index is 13.4. The first-order valence-corrected chi connectivity index (χ1v) is 13.4. The van der Waals surface area contributed by atoms with Gasteiger partial charge in [0, 0.05) is 21.2 Å². The number of halogens is 4. The summed E-state index contributed by atoms with van der Waals surface area (Å²) in [4.78, 5) is 18.1. The molecule has 0 N–H and O–H groups in total. The molecule has 1 heterocycles. The Balaban J connectivity index is 1.48. The predicted octanol–water partition coefficient (Wildman–Crippen LogP) is 8.36. The molecule has 0 saturated carbocycles. The van der Waals surface area contributed by atoms with Crippen LogP contribution in [0.2, 0.25) is 10.0 Å². The topological polar surface area (TPSA) is 56.5 Å². The molecule has 5 rings (SSSR count). The highest BCUT2D eigenvalue weighted by atomic mass is 79.9. The number of nitrogens with zero attached hydrogens (tertiary/aromatic N) is 3. The van der Waals surface area contributed by atoms with Gasteiger partial charge < -0.3 is 4.74 Å². The third kappa shape index (κ3) is 5.65. The van der Waals surface area contributed by atoms with Crippen molar-refractivity contribution in [1.82, 2.24) is 9.66 Å². The highest BCUT2D eigenvalue weighted by Gasteiger charge is 2.13. The van der Waals surface area contributed by atoms with E-state index in [9.17, 15) is 4.79 Å². The number of hydrogen-bond acceptors (Lipinski definition) is 4. The second-order valence-electron chi connectivity index (χ2n) is 8.02. The zero-order chi connectivity index (χ0) is 25.9. The van der Waals surface area contributed by atoms with E-state index in [0.717, 1.165) is 16.7 Å². The molecule has 37 heavy (non-hydrogen) atoms. The van der Waals surface area contributed by atoms with Crippen LogP contribution >= 0.6 is 55.1 Å². The van der Waals surface area contributed by atoms with E-state index < -0.39 is 0 Å². The minimum atomic E-state index is -0.251. The van der Waals surface area contributed by atoms with Crippen molar-refractivity contribution in [2.75, 3.05) is 0 Å². The third-order valence-electron chi connectivity index (χ3n) is 5.52. The Bertz CT molecular complexity index is 1680. The van der Waals surface area contributed by atoms with Crippen molar-refractivity contribution in [1.29, 1.82) is 0 Å². The number of aromatic nitrogens is 2. The van der Waals surface area contributed by atoms with Gasteiger partial charge in [0.2, 0.25) is 0 Å². The molecule has 0 fully saturated rings. The van der Waals surface area contributed by atoms with Crippen LogP contribution in [0.3, 0.4) is 0 Å². The summed E-state index contributed by atoms with van der Waals surface area (Å²) in [5, 5.41) is 6.12. The molecule has 0 spiro atoms. The maximum absolute atomic E-state index is 13.4. The average molecular weight is 658 g/mol. The van der Waals surface area contributed by atoms with Crippen LogP contribution in [0.1, 0.15) is 11.1 Å². The van der Waals surface area contributed by atoms with E-state index in [-0.39, 0.29) is 12.2 Å². The molecule has 1 aromatic heterocycles. The van der Waals surface area contributed by atoms with Crippen molar-refractivity contribution >= 4 is 72.2 Å². The summed E-state index contributed by atoms with van der Waals surface area (Å²) in [6, 6.07) is 25.7. The Kier molecular flexibility index (Phi) is 7.76. The van der Waals surface area contributed by atoms with Crippen molar-refractivity contribution in [2.45, 2.75) is 6.61 Å². The van der Waals surface area contributed by atoms with E-state index in [1.807, 2.05) is 66.7 Å². The molecule has 0 unspecified atom stereocenters. The quantitative estimate of drug-likeness (QED) is 0.173. The third-order valence-corrected chi connectivity index (χ3v) is 7.28. The van der Waals surface area contributed by atoms with E-state index in [1.54, 1.807) is 24.4 Å². The average Bonchev–Trinajstić information content (AvgIpc) is 2.89. The SMILES string of the molecule is O=c1c2ccccc2nc(-c2ccccc2)n1N=Cc1cc(Br)c(OCc2ccc(Cl)cc2Cl)c(Br)c1. The lowest BCUT2D eigenvalue weighted by atomic mass is 10.2. The highest BCUT2D eigenvalue weighted by Crippen LogP contribution is 2.35. The van der Waals surface area contributed by atoms with Crippen LogP contribution in [-0.2, 0) is 6.61 Å². The number of benzene rings is 4. The van der Waals surface area contributed by atoms with Gasteiger partial charge in [0.1, 0.15) is 12.4 Å². The van der Waals surface area contributed by atoms with Crippen LogP contribution in [0, 0.1) is 0 Å². The Morgan fingerprint density at radius 3 is 2.35 bits per heavy atom. The fourth-order valence-corrected chi connectivity index (χ4v) is 5.62. The van der Waals surface area contributed by atoms with Gasteiger partial charge in [-0.2, -0.15) is 9.78 Å². The Labute approximate surface area is 239 Å². The van der Waals surface area contributed by atoms with Gasteiger partial charge in [0.05, 0.1) is 26.1 Å². The summed E-state index contributed by atoms with van der Waals surface area (Å²) < 4.78 is 8.75. The van der Waals surface area contributed by atoms with Crippen molar-refractivity contribution in [3.63, 3.8) is 0 Å². The number of ether oxygens (including phenoxy) is 1. The molecule has 0 saturated heterocycles. The van der Waals surface area contributed by atoms with Gasteiger partial charge >= 0.3 is 0 Å². The number of rotatable bonds is 6. The first kappa shape index (κ1) is 25.7. The zero-order valence-corrected chi connectivity index (χ0v) is 23.7. The minimum Gasteiger partial charge on any atom is -0.486 e. The smallest absolute Gasteiger partial charge is 0.282 e. The monoisotopic (exact) mass is 655 g/mol. The van der Waals surface area contributed by atoms with E-state index in [4.69, 9.17) is 32.9 Å².